The van der Waals surface area contributed by atoms with Crippen LogP contribution in [0.15, 0.2) is 4.47 Å². The van der Waals surface area contributed by atoms with E-state index in [0.717, 1.165) is 24.6 Å². The van der Waals surface area contributed by atoms with Crippen LogP contribution in [0, 0.1) is 5.92 Å². The highest BCUT2D eigenvalue weighted by atomic mass is 79.9. The van der Waals surface area contributed by atoms with Crippen molar-refractivity contribution in [3.05, 3.63) is 15.9 Å². The van der Waals surface area contributed by atoms with Crippen LogP contribution >= 0.6 is 27.7 Å². The highest BCUT2D eigenvalue weighted by Gasteiger charge is 2.18. The summed E-state index contributed by atoms with van der Waals surface area (Å²) >= 11 is 5.72. The fraction of sp³-hybridized carbons (Fsp3) is 0.750. The van der Waals surface area contributed by atoms with E-state index in [-0.39, 0.29) is 0 Å². The molecule has 1 aliphatic rings. The third-order valence-corrected chi connectivity index (χ3v) is 5.25. The molecule has 5 heteroatoms. The van der Waals surface area contributed by atoms with Crippen molar-refractivity contribution in [3.63, 3.8) is 0 Å². The van der Waals surface area contributed by atoms with Gasteiger partial charge in [-0.3, -0.25) is 4.68 Å². The van der Waals surface area contributed by atoms with Crippen LogP contribution < -0.4 is 5.32 Å². The Balaban J connectivity index is 1.95. The number of nitrogens with zero attached hydrogens (tertiary/aromatic N) is 2. The first-order chi connectivity index (χ1) is 8.26. The van der Waals surface area contributed by atoms with Crippen LogP contribution in [0.25, 0.3) is 0 Å². The first-order valence-corrected chi connectivity index (χ1v) is 8.23. The second-order valence-electron chi connectivity index (χ2n) is 4.42. The zero-order chi connectivity index (χ0) is 12.3. The summed E-state index contributed by atoms with van der Waals surface area (Å²) in [7, 11) is 0. The van der Waals surface area contributed by atoms with E-state index in [1.165, 1.54) is 34.7 Å². The van der Waals surface area contributed by atoms with Gasteiger partial charge in [0.2, 0.25) is 0 Å². The molecule has 1 saturated heterocycles. The van der Waals surface area contributed by atoms with Crippen molar-refractivity contribution in [2.24, 2.45) is 5.92 Å². The monoisotopic (exact) mass is 317 g/mol. The molecule has 0 amide bonds. The summed E-state index contributed by atoms with van der Waals surface area (Å²) in [4.78, 5) is 0. The van der Waals surface area contributed by atoms with Gasteiger partial charge in [0.25, 0.3) is 0 Å². The number of nitrogens with one attached hydrogen (secondary N) is 1. The molecule has 2 heterocycles. The molecule has 1 aliphatic heterocycles. The van der Waals surface area contributed by atoms with Gasteiger partial charge < -0.3 is 5.32 Å². The summed E-state index contributed by atoms with van der Waals surface area (Å²) in [6, 6.07) is 0. The smallest absolute Gasteiger partial charge is 0.0767 e. The van der Waals surface area contributed by atoms with Crippen molar-refractivity contribution >= 4 is 27.7 Å². The number of thioether (sulfide) groups is 1. The van der Waals surface area contributed by atoms with Gasteiger partial charge in [-0.25, -0.2) is 0 Å². The number of hydrogen-bond acceptors (Lipinski definition) is 3. The maximum atomic E-state index is 4.62. The molecule has 0 bridgehead atoms. The third-order valence-electron chi connectivity index (χ3n) is 3.15. The Morgan fingerprint density at radius 3 is 2.76 bits per heavy atom. The predicted octanol–water partition coefficient (Wildman–Crippen LogP) is 2.68. The van der Waals surface area contributed by atoms with Gasteiger partial charge in [-0.2, -0.15) is 16.9 Å². The zero-order valence-electron chi connectivity index (χ0n) is 10.5. The summed E-state index contributed by atoms with van der Waals surface area (Å²) in [6.07, 6.45) is 0.998. The van der Waals surface area contributed by atoms with Crippen LogP contribution in [0.4, 0.5) is 0 Å². The van der Waals surface area contributed by atoms with Gasteiger partial charge in [0.1, 0.15) is 0 Å². The van der Waals surface area contributed by atoms with Crippen molar-refractivity contribution in [2.45, 2.75) is 32.6 Å². The Morgan fingerprint density at radius 2 is 2.24 bits per heavy atom. The highest BCUT2D eigenvalue weighted by molar-refractivity contribution is 9.10. The van der Waals surface area contributed by atoms with E-state index < -0.39 is 0 Å². The average Bonchev–Trinajstić information content (AvgIpc) is 2.59. The van der Waals surface area contributed by atoms with Crippen LogP contribution in [-0.2, 0) is 18.7 Å². The van der Waals surface area contributed by atoms with Crippen LogP contribution in [0.5, 0.6) is 0 Å². The number of aromatic nitrogens is 2. The first-order valence-electron chi connectivity index (χ1n) is 6.28. The fourth-order valence-electron chi connectivity index (χ4n) is 1.94. The minimum Gasteiger partial charge on any atom is -0.316 e. The summed E-state index contributed by atoms with van der Waals surface area (Å²) in [5.74, 6) is 3.20. The van der Waals surface area contributed by atoms with Crippen molar-refractivity contribution < 1.29 is 0 Å². The molecule has 1 N–H and O–H groups in total. The van der Waals surface area contributed by atoms with Gasteiger partial charge in [0.15, 0.2) is 0 Å². The number of hydrogen-bond donors (Lipinski definition) is 1. The molecule has 0 aromatic carbocycles. The topological polar surface area (TPSA) is 29.9 Å². The van der Waals surface area contributed by atoms with E-state index in [0.29, 0.717) is 0 Å². The lowest BCUT2D eigenvalue weighted by atomic mass is 10.1. The molecular formula is C12H20BrN3S. The Morgan fingerprint density at radius 1 is 1.47 bits per heavy atom. The highest BCUT2D eigenvalue weighted by Crippen LogP contribution is 2.27. The number of rotatable bonds is 6. The zero-order valence-corrected chi connectivity index (χ0v) is 12.9. The minimum absolute atomic E-state index is 0.877. The molecule has 1 fully saturated rings. The van der Waals surface area contributed by atoms with Crippen LogP contribution in [0.1, 0.15) is 25.2 Å². The van der Waals surface area contributed by atoms with Crippen molar-refractivity contribution in [2.75, 3.05) is 18.8 Å². The van der Waals surface area contributed by atoms with Gasteiger partial charge in [0, 0.05) is 12.3 Å². The van der Waals surface area contributed by atoms with E-state index in [4.69, 9.17) is 0 Å². The lowest BCUT2D eigenvalue weighted by molar-refractivity contribution is 0.385. The largest absolute Gasteiger partial charge is 0.316 e. The lowest BCUT2D eigenvalue weighted by Crippen LogP contribution is -2.43. The molecule has 1 aromatic heterocycles. The second-order valence-corrected chi connectivity index (χ2v) is 6.24. The van der Waals surface area contributed by atoms with E-state index in [1.54, 1.807) is 0 Å². The molecule has 3 nitrogen and oxygen atoms in total. The average molecular weight is 318 g/mol. The van der Waals surface area contributed by atoms with Crippen molar-refractivity contribution in [1.82, 2.24) is 15.1 Å². The molecule has 0 radical (unpaired) electrons. The van der Waals surface area contributed by atoms with E-state index in [2.05, 4.69) is 44.9 Å². The summed E-state index contributed by atoms with van der Waals surface area (Å²) in [6.45, 7) is 7.66. The standard InChI is InChI=1S/C12H20BrN3S/c1-3-10-12(13)11(16(4-2)15-10)8-17-7-9-5-14-6-9/h9,14H,3-8H2,1-2H3. The van der Waals surface area contributed by atoms with Crippen molar-refractivity contribution in [1.29, 1.82) is 0 Å². The summed E-state index contributed by atoms with van der Waals surface area (Å²) in [5.41, 5.74) is 2.54. The van der Waals surface area contributed by atoms with E-state index in [1.807, 2.05) is 11.8 Å². The Hall–Kier alpha value is -0.0000000000000000555. The fourth-order valence-corrected chi connectivity index (χ4v) is 4.01. The SMILES string of the molecule is CCc1nn(CC)c(CSCC2CNC2)c1Br. The second kappa shape index (κ2) is 6.25. The minimum atomic E-state index is 0.877. The quantitative estimate of drug-likeness (QED) is 0.875. The summed E-state index contributed by atoms with van der Waals surface area (Å²) in [5, 5.41) is 7.94. The van der Waals surface area contributed by atoms with Crippen LogP contribution in [-0.4, -0.2) is 28.6 Å². The maximum Gasteiger partial charge on any atom is 0.0767 e. The molecule has 0 atom stereocenters. The van der Waals surface area contributed by atoms with Gasteiger partial charge in [-0.1, -0.05) is 6.92 Å². The van der Waals surface area contributed by atoms with E-state index >= 15 is 0 Å². The maximum absolute atomic E-state index is 4.62. The Bertz CT molecular complexity index is 374. The summed E-state index contributed by atoms with van der Waals surface area (Å²) < 4.78 is 3.36. The Labute approximate surface area is 116 Å². The van der Waals surface area contributed by atoms with Crippen LogP contribution in [0.3, 0.4) is 0 Å². The van der Waals surface area contributed by atoms with Crippen LogP contribution in [0.2, 0.25) is 0 Å². The molecule has 0 spiro atoms. The third kappa shape index (κ3) is 3.06. The van der Waals surface area contributed by atoms with Gasteiger partial charge in [-0.05, 0) is 54.0 Å². The number of aryl methyl sites for hydroxylation is 2. The van der Waals surface area contributed by atoms with Gasteiger partial charge in [0.05, 0.1) is 15.9 Å². The predicted molar refractivity (Wildman–Crippen MR) is 77.5 cm³/mol. The van der Waals surface area contributed by atoms with E-state index in [9.17, 15) is 0 Å². The molecule has 0 saturated carbocycles. The van der Waals surface area contributed by atoms with Gasteiger partial charge >= 0.3 is 0 Å². The normalized spacial score (nSPS) is 16.2. The van der Waals surface area contributed by atoms with Crippen molar-refractivity contribution in [3.8, 4) is 0 Å². The molecule has 17 heavy (non-hydrogen) atoms. The first kappa shape index (κ1) is 13.4. The molecule has 1 aromatic rings. The van der Waals surface area contributed by atoms with Gasteiger partial charge in [-0.15, -0.1) is 0 Å². The number of halogens is 1. The molecule has 2 rings (SSSR count). The molecular weight excluding hydrogens is 298 g/mol. The lowest BCUT2D eigenvalue weighted by Gasteiger charge is -2.26. The molecule has 96 valence electrons. The molecule has 0 unspecified atom stereocenters. The Kier molecular flexibility index (Phi) is 4.94. The molecule has 0 aliphatic carbocycles.